The summed E-state index contributed by atoms with van der Waals surface area (Å²) in [6.07, 6.45) is 2.44. The first-order valence-electron chi connectivity index (χ1n) is 7.83. The molecule has 0 bridgehead atoms. The molecule has 0 spiro atoms. The molecular formula is C17H30N2S. The maximum atomic E-state index is 6.27. The van der Waals surface area contributed by atoms with Crippen LogP contribution in [-0.2, 0) is 0 Å². The highest BCUT2D eigenvalue weighted by molar-refractivity contribution is 7.10. The van der Waals surface area contributed by atoms with Gasteiger partial charge in [0.25, 0.3) is 0 Å². The molecule has 2 N–H and O–H groups in total. The second-order valence-corrected chi connectivity index (χ2v) is 8.16. The summed E-state index contributed by atoms with van der Waals surface area (Å²) >= 11 is 1.86. The Balaban J connectivity index is 2.02. The minimum Gasteiger partial charge on any atom is -0.327 e. The molecule has 0 radical (unpaired) electrons. The normalized spacial score (nSPS) is 31.4. The van der Waals surface area contributed by atoms with Crippen LogP contribution in [0.25, 0.3) is 0 Å². The van der Waals surface area contributed by atoms with Crippen LogP contribution < -0.4 is 5.73 Å². The van der Waals surface area contributed by atoms with E-state index in [0.29, 0.717) is 23.4 Å². The average Bonchev–Trinajstić information content (AvgIpc) is 2.93. The highest BCUT2D eigenvalue weighted by Crippen LogP contribution is 2.45. The Kier molecular flexibility index (Phi) is 4.93. The van der Waals surface area contributed by atoms with Gasteiger partial charge in [0.2, 0.25) is 0 Å². The molecule has 1 aliphatic carbocycles. The third-order valence-corrected chi connectivity index (χ3v) is 6.88. The van der Waals surface area contributed by atoms with E-state index in [1.807, 2.05) is 11.3 Å². The minimum absolute atomic E-state index is 0.334. The zero-order chi connectivity index (χ0) is 14.9. The van der Waals surface area contributed by atoms with Crippen LogP contribution in [0.15, 0.2) is 17.5 Å². The summed E-state index contributed by atoms with van der Waals surface area (Å²) in [6, 6.07) is 5.28. The van der Waals surface area contributed by atoms with Gasteiger partial charge in [0.1, 0.15) is 0 Å². The van der Waals surface area contributed by atoms with Crippen LogP contribution in [0.1, 0.15) is 51.5 Å². The van der Waals surface area contributed by atoms with E-state index in [0.717, 1.165) is 5.92 Å². The van der Waals surface area contributed by atoms with Gasteiger partial charge in [-0.2, -0.15) is 0 Å². The molecule has 0 aliphatic heterocycles. The van der Waals surface area contributed by atoms with Gasteiger partial charge in [-0.1, -0.05) is 26.8 Å². The Hall–Kier alpha value is -0.380. The first-order chi connectivity index (χ1) is 9.34. The zero-order valence-electron chi connectivity index (χ0n) is 13.6. The second kappa shape index (κ2) is 6.17. The fourth-order valence-electron chi connectivity index (χ4n) is 3.52. The predicted molar refractivity (Wildman–Crippen MR) is 89.0 cm³/mol. The van der Waals surface area contributed by atoms with Crippen molar-refractivity contribution >= 4 is 11.3 Å². The molecule has 0 aromatic carbocycles. The Labute approximate surface area is 128 Å². The van der Waals surface area contributed by atoms with E-state index in [1.165, 1.54) is 24.3 Å². The Bertz CT molecular complexity index is 413. The monoisotopic (exact) mass is 294 g/mol. The summed E-state index contributed by atoms with van der Waals surface area (Å²) in [5.74, 6) is 1.34. The van der Waals surface area contributed by atoms with Crippen LogP contribution in [0.5, 0.6) is 0 Å². The van der Waals surface area contributed by atoms with Crippen molar-refractivity contribution in [2.45, 2.75) is 52.6 Å². The first kappa shape index (κ1) is 16.0. The minimum atomic E-state index is 0.334. The van der Waals surface area contributed by atoms with Gasteiger partial charge in [0.15, 0.2) is 0 Å². The first-order valence-corrected chi connectivity index (χ1v) is 8.71. The van der Waals surface area contributed by atoms with E-state index in [4.69, 9.17) is 5.73 Å². The number of thiophene rings is 1. The quantitative estimate of drug-likeness (QED) is 0.904. The lowest BCUT2D eigenvalue weighted by Gasteiger charge is -2.48. The molecule has 4 unspecified atom stereocenters. The molecule has 4 atom stereocenters. The van der Waals surface area contributed by atoms with Crippen molar-refractivity contribution < 1.29 is 0 Å². The second-order valence-electron chi connectivity index (χ2n) is 7.18. The third kappa shape index (κ3) is 3.10. The van der Waals surface area contributed by atoms with Crippen LogP contribution in [0, 0.1) is 17.3 Å². The SMILES string of the molecule is CC(c1cccs1)N(C)CC1CCC(N)C(C)C1(C)C. The topological polar surface area (TPSA) is 29.3 Å². The Morgan fingerprint density at radius 2 is 2.15 bits per heavy atom. The lowest BCUT2D eigenvalue weighted by Crippen LogP contribution is -2.49. The Morgan fingerprint density at radius 1 is 1.45 bits per heavy atom. The van der Waals surface area contributed by atoms with Crippen LogP contribution in [0.2, 0.25) is 0 Å². The average molecular weight is 295 g/mol. The molecule has 1 aromatic rings. The fraction of sp³-hybridized carbons (Fsp3) is 0.765. The summed E-state index contributed by atoms with van der Waals surface area (Å²) in [5, 5.41) is 2.17. The molecule has 1 aromatic heterocycles. The van der Waals surface area contributed by atoms with Crippen molar-refractivity contribution in [2.24, 2.45) is 23.0 Å². The van der Waals surface area contributed by atoms with Gasteiger partial charge >= 0.3 is 0 Å². The van der Waals surface area contributed by atoms with Gasteiger partial charge in [0.05, 0.1) is 0 Å². The lowest BCUT2D eigenvalue weighted by atomic mass is 9.61. The molecular weight excluding hydrogens is 264 g/mol. The maximum absolute atomic E-state index is 6.27. The van der Waals surface area contributed by atoms with Crippen molar-refractivity contribution in [3.63, 3.8) is 0 Å². The van der Waals surface area contributed by atoms with E-state index in [2.05, 4.69) is 57.2 Å². The van der Waals surface area contributed by atoms with Gasteiger partial charge in [-0.15, -0.1) is 11.3 Å². The molecule has 2 rings (SSSR count). The van der Waals surface area contributed by atoms with Gasteiger partial charge in [-0.3, -0.25) is 4.90 Å². The summed E-state index contributed by atoms with van der Waals surface area (Å²) in [5.41, 5.74) is 6.61. The highest BCUT2D eigenvalue weighted by Gasteiger charge is 2.42. The van der Waals surface area contributed by atoms with Crippen molar-refractivity contribution in [1.29, 1.82) is 0 Å². The van der Waals surface area contributed by atoms with E-state index in [1.54, 1.807) is 0 Å². The molecule has 2 nitrogen and oxygen atoms in total. The van der Waals surface area contributed by atoms with Crippen LogP contribution in [0.3, 0.4) is 0 Å². The lowest BCUT2D eigenvalue weighted by molar-refractivity contribution is 0.0271. The zero-order valence-corrected chi connectivity index (χ0v) is 14.4. The standard InChI is InChI=1S/C17H30N2S/c1-12-15(18)9-8-14(17(12,3)4)11-19(5)13(2)16-7-6-10-20-16/h6-7,10,12-15H,8-9,11,18H2,1-5H3. The highest BCUT2D eigenvalue weighted by atomic mass is 32.1. The largest absolute Gasteiger partial charge is 0.327 e. The molecule has 114 valence electrons. The predicted octanol–water partition coefficient (Wildman–Crippen LogP) is 4.14. The van der Waals surface area contributed by atoms with Gasteiger partial charge < -0.3 is 5.73 Å². The summed E-state index contributed by atoms with van der Waals surface area (Å²) in [7, 11) is 2.26. The van der Waals surface area contributed by atoms with Crippen molar-refractivity contribution in [2.75, 3.05) is 13.6 Å². The van der Waals surface area contributed by atoms with Crippen LogP contribution in [0.4, 0.5) is 0 Å². The Morgan fingerprint density at radius 3 is 2.75 bits per heavy atom. The summed E-state index contributed by atoms with van der Waals surface area (Å²) in [4.78, 5) is 3.98. The molecule has 20 heavy (non-hydrogen) atoms. The van der Waals surface area contributed by atoms with Gasteiger partial charge in [0, 0.05) is 23.5 Å². The van der Waals surface area contributed by atoms with Crippen LogP contribution in [-0.4, -0.2) is 24.5 Å². The molecule has 1 heterocycles. The number of hydrogen-bond acceptors (Lipinski definition) is 3. The number of nitrogens with zero attached hydrogens (tertiary/aromatic N) is 1. The molecule has 1 fully saturated rings. The van der Waals surface area contributed by atoms with E-state index >= 15 is 0 Å². The van der Waals surface area contributed by atoms with Crippen molar-refractivity contribution in [3.8, 4) is 0 Å². The smallest absolute Gasteiger partial charge is 0.0410 e. The van der Waals surface area contributed by atoms with E-state index in [-0.39, 0.29) is 0 Å². The molecule has 0 saturated heterocycles. The summed E-state index contributed by atoms with van der Waals surface area (Å²) < 4.78 is 0. The van der Waals surface area contributed by atoms with Gasteiger partial charge in [-0.25, -0.2) is 0 Å². The molecule has 1 saturated carbocycles. The number of nitrogens with two attached hydrogens (primary N) is 1. The molecule has 0 amide bonds. The third-order valence-electron chi connectivity index (χ3n) is 5.84. The molecule has 1 aliphatic rings. The summed E-state index contributed by atoms with van der Waals surface area (Å²) in [6.45, 7) is 10.6. The van der Waals surface area contributed by atoms with E-state index < -0.39 is 0 Å². The van der Waals surface area contributed by atoms with E-state index in [9.17, 15) is 0 Å². The molecule has 3 heteroatoms. The fourth-order valence-corrected chi connectivity index (χ4v) is 4.37. The maximum Gasteiger partial charge on any atom is 0.0410 e. The van der Waals surface area contributed by atoms with Crippen molar-refractivity contribution in [1.82, 2.24) is 4.90 Å². The number of hydrogen-bond donors (Lipinski definition) is 1. The van der Waals surface area contributed by atoms with Crippen LogP contribution >= 0.6 is 11.3 Å². The van der Waals surface area contributed by atoms with Crippen molar-refractivity contribution in [3.05, 3.63) is 22.4 Å². The number of rotatable bonds is 4. The van der Waals surface area contributed by atoms with Gasteiger partial charge in [-0.05, 0) is 55.5 Å².